The summed E-state index contributed by atoms with van der Waals surface area (Å²) in [6.45, 7) is 3.56. The number of H-pyrrole nitrogens is 1. The van der Waals surface area contributed by atoms with Crippen LogP contribution in [-0.4, -0.2) is 15.0 Å². The summed E-state index contributed by atoms with van der Waals surface area (Å²) < 4.78 is 0. The van der Waals surface area contributed by atoms with Gasteiger partial charge in [0.15, 0.2) is 0 Å². The minimum Gasteiger partial charge on any atom is -0.336 e. The van der Waals surface area contributed by atoms with Crippen molar-refractivity contribution in [1.82, 2.24) is 15.0 Å². The highest BCUT2D eigenvalue weighted by Gasteiger charge is 2.04. The summed E-state index contributed by atoms with van der Waals surface area (Å²) in [6, 6.07) is 3.71. The second-order valence-corrected chi connectivity index (χ2v) is 2.57. The van der Waals surface area contributed by atoms with Gasteiger partial charge in [-0.1, -0.05) is 6.58 Å². The number of fused-ring (bicyclic) bond motifs is 1. The van der Waals surface area contributed by atoms with Crippen molar-refractivity contribution in [3.05, 3.63) is 30.9 Å². The van der Waals surface area contributed by atoms with E-state index in [4.69, 9.17) is 5.26 Å². The molecule has 4 nitrogen and oxygen atoms in total. The van der Waals surface area contributed by atoms with Crippen LogP contribution in [0, 0.1) is 11.3 Å². The van der Waals surface area contributed by atoms with Crippen LogP contribution in [0.25, 0.3) is 16.6 Å². The van der Waals surface area contributed by atoms with Crippen LogP contribution in [0.5, 0.6) is 0 Å². The lowest BCUT2D eigenvalue weighted by Crippen LogP contribution is -1.80. The average Bonchev–Trinajstić information content (AvgIpc) is 2.59. The van der Waals surface area contributed by atoms with Gasteiger partial charge >= 0.3 is 0 Å². The third-order valence-electron chi connectivity index (χ3n) is 1.70. The summed E-state index contributed by atoms with van der Waals surface area (Å²) in [5, 5.41) is 8.59. The fraction of sp³-hybridized carbons (Fsp3) is 0. The number of nitrogens with zero attached hydrogens (tertiary/aromatic N) is 3. The highest BCUT2D eigenvalue weighted by atomic mass is 14.9. The van der Waals surface area contributed by atoms with Gasteiger partial charge in [0.25, 0.3) is 0 Å². The summed E-state index contributed by atoms with van der Waals surface area (Å²) in [4.78, 5) is 11.0. The molecule has 0 unspecified atom stereocenters. The van der Waals surface area contributed by atoms with Gasteiger partial charge in [-0.3, -0.25) is 4.98 Å². The normalized spacial score (nSPS) is 9.77. The number of rotatable bonds is 1. The summed E-state index contributed by atoms with van der Waals surface area (Å²) in [6.07, 6.45) is 3.32. The highest BCUT2D eigenvalue weighted by molar-refractivity contribution is 5.80. The Bertz CT molecular complexity index is 471. The predicted octanol–water partition coefficient (Wildman–Crippen LogP) is 1.49. The molecule has 0 saturated heterocycles. The molecule has 0 spiro atoms. The Balaban J connectivity index is 2.64. The largest absolute Gasteiger partial charge is 0.336 e. The van der Waals surface area contributed by atoms with Gasteiger partial charge in [0.05, 0.1) is 22.8 Å². The minimum absolute atomic E-state index is 0.330. The zero-order valence-corrected chi connectivity index (χ0v) is 6.78. The number of allylic oxidation sites excluding steroid dienone is 1. The standard InChI is InChI=1S/C9H6N4/c1-6(4-10)9-12-7-2-3-11-5-8(7)13-9/h2-3,5H,1H2,(H,12,13). The second-order valence-electron chi connectivity index (χ2n) is 2.57. The van der Waals surface area contributed by atoms with E-state index in [-0.39, 0.29) is 0 Å². The van der Waals surface area contributed by atoms with Crippen LogP contribution < -0.4 is 0 Å². The maximum atomic E-state index is 8.59. The molecular formula is C9H6N4. The molecule has 0 saturated carbocycles. The van der Waals surface area contributed by atoms with Gasteiger partial charge in [-0.2, -0.15) is 5.26 Å². The summed E-state index contributed by atoms with van der Waals surface area (Å²) >= 11 is 0. The molecule has 4 heteroatoms. The van der Waals surface area contributed by atoms with E-state index in [1.807, 2.05) is 6.07 Å². The maximum absolute atomic E-state index is 8.59. The average molecular weight is 170 g/mol. The molecule has 0 bridgehead atoms. The minimum atomic E-state index is 0.330. The number of imidazole rings is 1. The second kappa shape index (κ2) is 2.72. The quantitative estimate of drug-likeness (QED) is 0.659. The monoisotopic (exact) mass is 170 g/mol. The lowest BCUT2D eigenvalue weighted by Gasteiger charge is -1.84. The van der Waals surface area contributed by atoms with Gasteiger partial charge in [-0.15, -0.1) is 0 Å². The Kier molecular flexibility index (Phi) is 1.57. The van der Waals surface area contributed by atoms with Crippen LogP contribution >= 0.6 is 0 Å². The van der Waals surface area contributed by atoms with E-state index in [1.54, 1.807) is 18.5 Å². The van der Waals surface area contributed by atoms with Crippen LogP contribution in [0.15, 0.2) is 25.0 Å². The maximum Gasteiger partial charge on any atom is 0.148 e. The van der Waals surface area contributed by atoms with Gasteiger partial charge < -0.3 is 4.98 Å². The lowest BCUT2D eigenvalue weighted by molar-refractivity contribution is 1.27. The molecule has 0 atom stereocenters. The van der Waals surface area contributed by atoms with Crippen molar-refractivity contribution >= 4 is 16.6 Å². The predicted molar refractivity (Wildman–Crippen MR) is 48.5 cm³/mol. The number of pyridine rings is 1. The zero-order valence-electron chi connectivity index (χ0n) is 6.78. The Hall–Kier alpha value is -2.15. The molecule has 2 aromatic heterocycles. The Morgan fingerprint density at radius 3 is 3.15 bits per heavy atom. The van der Waals surface area contributed by atoms with Crippen molar-refractivity contribution in [2.24, 2.45) is 0 Å². The van der Waals surface area contributed by atoms with Crippen molar-refractivity contribution in [1.29, 1.82) is 5.26 Å². The number of hydrogen-bond donors (Lipinski definition) is 1. The molecule has 13 heavy (non-hydrogen) atoms. The third-order valence-corrected chi connectivity index (χ3v) is 1.70. The van der Waals surface area contributed by atoms with Gasteiger partial charge in [0.1, 0.15) is 11.9 Å². The molecule has 0 amide bonds. The Labute approximate surface area is 74.6 Å². The Morgan fingerprint density at radius 1 is 1.62 bits per heavy atom. The number of aromatic nitrogens is 3. The molecule has 0 aliphatic carbocycles. The van der Waals surface area contributed by atoms with E-state index in [1.165, 1.54) is 0 Å². The molecule has 1 N–H and O–H groups in total. The molecule has 2 heterocycles. The van der Waals surface area contributed by atoms with Crippen LogP contribution in [-0.2, 0) is 0 Å². The molecule has 0 aromatic carbocycles. The third kappa shape index (κ3) is 1.16. The van der Waals surface area contributed by atoms with Crippen LogP contribution in [0.1, 0.15) is 5.82 Å². The van der Waals surface area contributed by atoms with E-state index in [0.29, 0.717) is 11.4 Å². The SMILES string of the molecule is C=C(C#N)c1nc2ccncc2[nH]1. The Morgan fingerprint density at radius 2 is 2.46 bits per heavy atom. The first-order valence-corrected chi connectivity index (χ1v) is 3.70. The first-order valence-electron chi connectivity index (χ1n) is 3.70. The smallest absolute Gasteiger partial charge is 0.148 e. The van der Waals surface area contributed by atoms with Crippen molar-refractivity contribution in [3.8, 4) is 6.07 Å². The molecule has 2 aromatic rings. The van der Waals surface area contributed by atoms with Gasteiger partial charge in [-0.25, -0.2) is 4.98 Å². The fourth-order valence-corrected chi connectivity index (χ4v) is 1.05. The topological polar surface area (TPSA) is 65.4 Å². The first kappa shape index (κ1) is 7.50. The van der Waals surface area contributed by atoms with Gasteiger partial charge in [0, 0.05) is 6.20 Å². The summed E-state index contributed by atoms with van der Waals surface area (Å²) in [5.74, 6) is 0.505. The molecule has 0 aliphatic rings. The fourth-order valence-electron chi connectivity index (χ4n) is 1.05. The molecule has 0 fully saturated rings. The number of aromatic amines is 1. The summed E-state index contributed by atoms with van der Waals surface area (Å²) in [7, 11) is 0. The van der Waals surface area contributed by atoms with Crippen molar-refractivity contribution in [2.45, 2.75) is 0 Å². The van der Waals surface area contributed by atoms with E-state index < -0.39 is 0 Å². The van der Waals surface area contributed by atoms with E-state index in [9.17, 15) is 0 Å². The van der Waals surface area contributed by atoms with Crippen molar-refractivity contribution < 1.29 is 0 Å². The lowest BCUT2D eigenvalue weighted by atomic mass is 10.3. The molecular weight excluding hydrogens is 164 g/mol. The van der Waals surface area contributed by atoms with Gasteiger partial charge in [-0.05, 0) is 6.07 Å². The summed E-state index contributed by atoms with van der Waals surface area (Å²) in [5.41, 5.74) is 1.94. The molecule has 0 aliphatic heterocycles. The van der Waals surface area contributed by atoms with Gasteiger partial charge in [0.2, 0.25) is 0 Å². The van der Waals surface area contributed by atoms with Crippen LogP contribution in [0.4, 0.5) is 0 Å². The van der Waals surface area contributed by atoms with Crippen molar-refractivity contribution in [2.75, 3.05) is 0 Å². The number of nitrogens with one attached hydrogen (secondary N) is 1. The molecule has 0 radical (unpaired) electrons. The van der Waals surface area contributed by atoms with Crippen LogP contribution in [0.2, 0.25) is 0 Å². The van der Waals surface area contributed by atoms with E-state index >= 15 is 0 Å². The van der Waals surface area contributed by atoms with Crippen molar-refractivity contribution in [3.63, 3.8) is 0 Å². The number of hydrogen-bond acceptors (Lipinski definition) is 3. The number of nitriles is 1. The van der Waals surface area contributed by atoms with E-state index in [2.05, 4.69) is 21.5 Å². The first-order chi connectivity index (χ1) is 6.31. The van der Waals surface area contributed by atoms with E-state index in [0.717, 1.165) is 11.0 Å². The molecule has 62 valence electrons. The molecule has 2 rings (SSSR count). The van der Waals surface area contributed by atoms with Crippen LogP contribution in [0.3, 0.4) is 0 Å². The highest BCUT2D eigenvalue weighted by Crippen LogP contribution is 2.13. The zero-order chi connectivity index (χ0) is 9.26.